The molecule has 0 saturated carbocycles. The molecule has 0 aliphatic carbocycles. The van der Waals surface area contributed by atoms with Crippen LogP contribution in [0.4, 0.5) is 11.4 Å². The van der Waals surface area contributed by atoms with Gasteiger partial charge in [-0.3, -0.25) is 9.10 Å². The molecule has 0 aromatic heterocycles. The van der Waals surface area contributed by atoms with Crippen LogP contribution in [0.1, 0.15) is 26.3 Å². The molecule has 9 heteroatoms. The number of anilines is 2. The molecule has 0 bridgehead atoms. The van der Waals surface area contributed by atoms with Crippen molar-refractivity contribution in [3.63, 3.8) is 0 Å². The minimum Gasteiger partial charge on any atom is -0.494 e. The normalized spacial score (nSPS) is 11.4. The third-order valence-electron chi connectivity index (χ3n) is 4.55. The predicted molar refractivity (Wildman–Crippen MR) is 126 cm³/mol. The Kier molecular flexibility index (Phi) is 8.87. The smallest absolute Gasteiger partial charge is 0.260 e. The van der Waals surface area contributed by atoms with Crippen molar-refractivity contribution in [2.24, 2.45) is 5.10 Å². The minimum atomic E-state index is -3.66. The number of rotatable bonds is 11. The second kappa shape index (κ2) is 11.4. The van der Waals surface area contributed by atoms with Crippen molar-refractivity contribution in [2.45, 2.75) is 20.8 Å². The summed E-state index contributed by atoms with van der Waals surface area (Å²) in [6, 6.07) is 14.3. The molecule has 0 spiro atoms. The van der Waals surface area contributed by atoms with E-state index in [2.05, 4.69) is 29.3 Å². The summed E-state index contributed by atoms with van der Waals surface area (Å²) in [7, 11) is -3.66. The first kappa shape index (κ1) is 24.2. The molecule has 2 aromatic carbocycles. The zero-order chi connectivity index (χ0) is 22.9. The van der Waals surface area contributed by atoms with Gasteiger partial charge in [0.05, 0.1) is 24.8 Å². The lowest BCUT2D eigenvalue weighted by Crippen LogP contribution is -2.39. The maximum Gasteiger partial charge on any atom is 0.260 e. The van der Waals surface area contributed by atoms with Crippen LogP contribution in [0.3, 0.4) is 0 Å². The van der Waals surface area contributed by atoms with E-state index in [1.807, 2.05) is 31.2 Å². The Bertz CT molecular complexity index is 970. The molecule has 0 aliphatic rings. The van der Waals surface area contributed by atoms with Crippen LogP contribution in [0, 0.1) is 0 Å². The Hall–Kier alpha value is -3.07. The van der Waals surface area contributed by atoms with Gasteiger partial charge in [-0.05, 0) is 62.7 Å². The molecule has 0 unspecified atom stereocenters. The molecule has 0 aliphatic heterocycles. The van der Waals surface area contributed by atoms with Crippen molar-refractivity contribution < 1.29 is 17.9 Å². The van der Waals surface area contributed by atoms with Gasteiger partial charge in [0.2, 0.25) is 10.0 Å². The molecule has 168 valence electrons. The summed E-state index contributed by atoms with van der Waals surface area (Å²) < 4.78 is 30.8. The van der Waals surface area contributed by atoms with Crippen LogP contribution in [-0.4, -0.2) is 53.0 Å². The Morgan fingerprint density at radius 1 is 1.00 bits per heavy atom. The van der Waals surface area contributed by atoms with Gasteiger partial charge >= 0.3 is 0 Å². The maximum absolute atomic E-state index is 12.3. The number of hydrogen-bond acceptors (Lipinski definition) is 6. The van der Waals surface area contributed by atoms with E-state index in [9.17, 15) is 13.2 Å². The van der Waals surface area contributed by atoms with Crippen molar-refractivity contribution >= 4 is 33.5 Å². The fourth-order valence-electron chi connectivity index (χ4n) is 2.98. The standard InChI is InChI=1S/C22H30N4O4S/c1-5-25(6-2)19-10-8-18(9-11-19)16-23-24-22(27)17-26(31(4,28)29)20-12-14-21(15-13-20)30-7-3/h8-16H,5-7,17H2,1-4H3,(H,24,27)/b23-16-. The molecule has 0 heterocycles. The molecular formula is C22H30N4O4S. The Morgan fingerprint density at radius 3 is 2.10 bits per heavy atom. The molecule has 0 saturated heterocycles. The lowest BCUT2D eigenvalue weighted by molar-refractivity contribution is -0.119. The molecule has 0 fully saturated rings. The SMILES string of the molecule is CCOc1ccc(N(CC(=O)N/N=C\c2ccc(N(CC)CC)cc2)S(C)(=O)=O)cc1. The van der Waals surface area contributed by atoms with Crippen LogP contribution in [0.25, 0.3) is 0 Å². The van der Waals surface area contributed by atoms with Crippen LogP contribution in [0.2, 0.25) is 0 Å². The first-order chi connectivity index (χ1) is 14.8. The summed E-state index contributed by atoms with van der Waals surface area (Å²) in [5.74, 6) is 0.0797. The zero-order valence-electron chi connectivity index (χ0n) is 18.4. The number of nitrogens with zero attached hydrogens (tertiary/aromatic N) is 3. The number of benzene rings is 2. The fourth-order valence-corrected chi connectivity index (χ4v) is 3.84. The molecule has 31 heavy (non-hydrogen) atoms. The summed E-state index contributed by atoms with van der Waals surface area (Å²) in [4.78, 5) is 14.5. The van der Waals surface area contributed by atoms with Gasteiger partial charge in [-0.25, -0.2) is 13.8 Å². The Morgan fingerprint density at radius 2 is 1.58 bits per heavy atom. The van der Waals surface area contributed by atoms with Gasteiger partial charge in [-0.1, -0.05) is 12.1 Å². The average molecular weight is 447 g/mol. The van der Waals surface area contributed by atoms with Gasteiger partial charge in [0.1, 0.15) is 12.3 Å². The van der Waals surface area contributed by atoms with Gasteiger partial charge in [-0.15, -0.1) is 0 Å². The average Bonchev–Trinajstić information content (AvgIpc) is 2.74. The molecule has 8 nitrogen and oxygen atoms in total. The van der Waals surface area contributed by atoms with Crippen molar-refractivity contribution in [2.75, 3.05) is 41.7 Å². The van der Waals surface area contributed by atoms with Crippen LogP contribution in [0.15, 0.2) is 53.6 Å². The van der Waals surface area contributed by atoms with E-state index in [4.69, 9.17) is 4.74 Å². The first-order valence-corrected chi connectivity index (χ1v) is 12.0. The van der Waals surface area contributed by atoms with Gasteiger partial charge in [0.15, 0.2) is 0 Å². The van der Waals surface area contributed by atoms with Gasteiger partial charge in [0, 0.05) is 18.8 Å². The van der Waals surface area contributed by atoms with Crippen molar-refractivity contribution in [1.82, 2.24) is 5.43 Å². The summed E-state index contributed by atoms with van der Waals surface area (Å²) in [6.45, 7) is 8.03. The number of hydrazone groups is 1. The molecule has 1 N–H and O–H groups in total. The van der Waals surface area contributed by atoms with E-state index < -0.39 is 15.9 Å². The van der Waals surface area contributed by atoms with Crippen molar-refractivity contribution in [1.29, 1.82) is 0 Å². The topological polar surface area (TPSA) is 91.3 Å². The Balaban J connectivity index is 2.01. The maximum atomic E-state index is 12.3. The summed E-state index contributed by atoms with van der Waals surface area (Å²) in [6.07, 6.45) is 2.57. The summed E-state index contributed by atoms with van der Waals surface area (Å²) in [5.41, 5.74) is 4.69. The monoisotopic (exact) mass is 446 g/mol. The third-order valence-corrected chi connectivity index (χ3v) is 5.69. The highest BCUT2D eigenvalue weighted by Crippen LogP contribution is 2.21. The Labute approximate surface area is 184 Å². The molecule has 0 radical (unpaired) electrons. The summed E-state index contributed by atoms with van der Waals surface area (Å²) >= 11 is 0. The predicted octanol–water partition coefficient (Wildman–Crippen LogP) is 2.85. The van der Waals surface area contributed by atoms with E-state index in [1.54, 1.807) is 24.3 Å². The minimum absolute atomic E-state index is 0.372. The second-order valence-electron chi connectivity index (χ2n) is 6.75. The third kappa shape index (κ3) is 7.29. The zero-order valence-corrected chi connectivity index (χ0v) is 19.2. The van der Waals surface area contributed by atoms with Crippen LogP contribution in [-0.2, 0) is 14.8 Å². The van der Waals surface area contributed by atoms with E-state index in [-0.39, 0.29) is 6.54 Å². The summed E-state index contributed by atoms with van der Waals surface area (Å²) in [5, 5.41) is 3.94. The lowest BCUT2D eigenvalue weighted by atomic mass is 10.2. The lowest BCUT2D eigenvalue weighted by Gasteiger charge is -2.21. The molecular weight excluding hydrogens is 416 g/mol. The number of sulfonamides is 1. The van der Waals surface area contributed by atoms with E-state index >= 15 is 0 Å². The van der Waals surface area contributed by atoms with Crippen molar-refractivity contribution in [3.8, 4) is 5.75 Å². The van der Waals surface area contributed by atoms with Gasteiger partial charge < -0.3 is 9.64 Å². The van der Waals surface area contributed by atoms with Gasteiger partial charge in [-0.2, -0.15) is 5.10 Å². The van der Waals surface area contributed by atoms with Crippen LogP contribution < -0.4 is 19.4 Å². The molecule has 2 rings (SSSR count). The highest BCUT2D eigenvalue weighted by Gasteiger charge is 2.20. The molecule has 1 amide bonds. The van der Waals surface area contributed by atoms with E-state index in [1.165, 1.54) is 6.21 Å². The quantitative estimate of drug-likeness (QED) is 0.423. The number of ether oxygens (including phenoxy) is 1. The highest BCUT2D eigenvalue weighted by atomic mass is 32.2. The van der Waals surface area contributed by atoms with Crippen LogP contribution in [0.5, 0.6) is 5.75 Å². The van der Waals surface area contributed by atoms with E-state index in [0.717, 1.165) is 34.9 Å². The molecule has 2 aromatic rings. The van der Waals surface area contributed by atoms with Crippen molar-refractivity contribution in [3.05, 3.63) is 54.1 Å². The first-order valence-electron chi connectivity index (χ1n) is 10.2. The van der Waals surface area contributed by atoms with Crippen LogP contribution >= 0.6 is 0 Å². The van der Waals surface area contributed by atoms with E-state index in [0.29, 0.717) is 18.0 Å². The van der Waals surface area contributed by atoms with Gasteiger partial charge in [0.25, 0.3) is 5.91 Å². The number of amides is 1. The largest absolute Gasteiger partial charge is 0.494 e. The number of nitrogens with one attached hydrogen (secondary N) is 1. The fraction of sp³-hybridized carbons (Fsp3) is 0.364. The number of carbonyl (C=O) groups is 1. The number of hydrogen-bond donors (Lipinski definition) is 1. The number of carbonyl (C=O) groups excluding carboxylic acids is 1. The molecule has 0 atom stereocenters. The second-order valence-corrected chi connectivity index (χ2v) is 8.66. The highest BCUT2D eigenvalue weighted by molar-refractivity contribution is 7.92.